The molecule has 40 heavy (non-hydrogen) atoms. The highest BCUT2D eigenvalue weighted by Crippen LogP contribution is 2.39. The van der Waals surface area contributed by atoms with Gasteiger partial charge in [-0.3, -0.25) is 19.3 Å². The molecule has 3 amide bonds. The van der Waals surface area contributed by atoms with E-state index in [0.29, 0.717) is 34.9 Å². The maximum absolute atomic E-state index is 14.1. The first-order valence-electron chi connectivity index (χ1n) is 13.1. The zero-order valence-corrected chi connectivity index (χ0v) is 24.2. The van der Waals surface area contributed by atoms with Gasteiger partial charge in [-0.15, -0.1) is 0 Å². The van der Waals surface area contributed by atoms with Crippen molar-refractivity contribution in [3.63, 3.8) is 0 Å². The van der Waals surface area contributed by atoms with E-state index in [0.717, 1.165) is 5.56 Å². The van der Waals surface area contributed by atoms with Crippen LogP contribution < -0.4 is 25.0 Å². The summed E-state index contributed by atoms with van der Waals surface area (Å²) in [4.78, 5) is 42.1. The third-order valence-electron chi connectivity index (χ3n) is 6.59. The maximum atomic E-state index is 14.1. The van der Waals surface area contributed by atoms with Crippen LogP contribution >= 0.6 is 0 Å². The molecule has 0 spiro atoms. The predicted octanol–water partition coefficient (Wildman–Crippen LogP) is 5.11. The Labute approximate surface area is 235 Å². The molecule has 1 atom stereocenters. The van der Waals surface area contributed by atoms with Gasteiger partial charge in [0.25, 0.3) is 0 Å². The van der Waals surface area contributed by atoms with Crippen molar-refractivity contribution in [3.8, 4) is 11.5 Å². The summed E-state index contributed by atoms with van der Waals surface area (Å²) in [6.07, 6.45) is 0.377. The fourth-order valence-corrected chi connectivity index (χ4v) is 4.20. The predicted molar refractivity (Wildman–Crippen MR) is 153 cm³/mol. The second kappa shape index (κ2) is 13.1. The molecule has 0 fully saturated rings. The molecular formula is C30H38N4O6. The summed E-state index contributed by atoms with van der Waals surface area (Å²) in [5.41, 5.74) is 1.32. The van der Waals surface area contributed by atoms with Gasteiger partial charge in [-0.25, -0.2) is 0 Å². The number of carbonyl (C=O) groups excluding carboxylic acids is 3. The van der Waals surface area contributed by atoms with Crippen molar-refractivity contribution in [3.05, 3.63) is 65.4 Å². The van der Waals surface area contributed by atoms with Crippen LogP contribution in [0.1, 0.15) is 63.0 Å². The lowest BCUT2D eigenvalue weighted by Crippen LogP contribution is -2.50. The van der Waals surface area contributed by atoms with Crippen LogP contribution in [0, 0.1) is 13.8 Å². The second-order valence-corrected chi connectivity index (χ2v) is 10.2. The highest BCUT2D eigenvalue weighted by molar-refractivity contribution is 6.03. The molecule has 10 heteroatoms. The van der Waals surface area contributed by atoms with Crippen LogP contribution in [0.3, 0.4) is 0 Å². The van der Waals surface area contributed by atoms with Gasteiger partial charge < -0.3 is 24.6 Å². The van der Waals surface area contributed by atoms with Crippen LogP contribution in [0.2, 0.25) is 0 Å². The highest BCUT2D eigenvalue weighted by Gasteiger charge is 2.37. The minimum absolute atomic E-state index is 0.128. The molecule has 3 rings (SSSR count). The summed E-state index contributed by atoms with van der Waals surface area (Å²) < 4.78 is 16.2. The summed E-state index contributed by atoms with van der Waals surface area (Å²) in [5.74, 6) is 0.361. The Morgan fingerprint density at radius 2 is 1.75 bits per heavy atom. The number of aryl methyl sites for hydroxylation is 2. The molecule has 3 aromatic rings. The zero-order valence-electron chi connectivity index (χ0n) is 24.2. The highest BCUT2D eigenvalue weighted by atomic mass is 16.5. The monoisotopic (exact) mass is 550 g/mol. The average Bonchev–Trinajstić information content (AvgIpc) is 3.33. The van der Waals surface area contributed by atoms with Crippen molar-refractivity contribution < 1.29 is 28.4 Å². The fraction of sp³-hybridized carbons (Fsp3) is 0.400. The van der Waals surface area contributed by atoms with E-state index in [1.54, 1.807) is 37.3 Å². The molecule has 0 unspecified atom stereocenters. The van der Waals surface area contributed by atoms with Gasteiger partial charge >= 0.3 is 0 Å². The Morgan fingerprint density at radius 1 is 1.02 bits per heavy atom. The number of methoxy groups -OCH3 is 2. The zero-order chi connectivity index (χ0) is 29.4. The van der Waals surface area contributed by atoms with Crippen molar-refractivity contribution in [2.24, 2.45) is 0 Å². The van der Waals surface area contributed by atoms with E-state index >= 15 is 0 Å². The van der Waals surface area contributed by atoms with E-state index in [9.17, 15) is 14.4 Å². The standard InChI is InChI=1S/C30H38N4O6/c1-8-30(4,5)32-29(37)27(22-13-10-14-23(38-6)28(22)39-7)34(21-12-9-11-19(2)17-21)26(36)16-15-25(35)31-24-18-20(3)40-33-24/h9-14,17-18,27H,8,15-16H2,1-7H3,(H,32,37)(H,31,33,35)/t27-/m1/s1. The van der Waals surface area contributed by atoms with Crippen molar-refractivity contribution in [1.29, 1.82) is 0 Å². The van der Waals surface area contributed by atoms with Crippen LogP contribution in [0.25, 0.3) is 0 Å². The lowest BCUT2D eigenvalue weighted by atomic mass is 9.97. The van der Waals surface area contributed by atoms with Gasteiger partial charge in [0.05, 0.1) is 14.2 Å². The Hall–Kier alpha value is -4.34. The van der Waals surface area contributed by atoms with Crippen molar-refractivity contribution in [1.82, 2.24) is 10.5 Å². The molecule has 2 N–H and O–H groups in total. The van der Waals surface area contributed by atoms with Crippen LogP contribution in [-0.4, -0.2) is 42.6 Å². The number of ether oxygens (including phenoxy) is 2. The first kappa shape index (κ1) is 30.2. The molecule has 10 nitrogen and oxygen atoms in total. The summed E-state index contributed by atoms with van der Waals surface area (Å²) >= 11 is 0. The second-order valence-electron chi connectivity index (χ2n) is 10.2. The number of nitrogens with one attached hydrogen (secondary N) is 2. The topological polar surface area (TPSA) is 123 Å². The van der Waals surface area contributed by atoms with Crippen LogP contribution in [0.15, 0.2) is 53.1 Å². The van der Waals surface area contributed by atoms with E-state index in [2.05, 4.69) is 15.8 Å². The quantitative estimate of drug-likeness (QED) is 0.321. The molecule has 0 bridgehead atoms. The smallest absolute Gasteiger partial charge is 0.248 e. The van der Waals surface area contributed by atoms with Crippen LogP contribution in [0.5, 0.6) is 11.5 Å². The minimum atomic E-state index is -1.12. The third kappa shape index (κ3) is 7.40. The Morgan fingerprint density at radius 3 is 2.35 bits per heavy atom. The van der Waals surface area contributed by atoms with Crippen molar-refractivity contribution in [2.45, 2.75) is 65.5 Å². The van der Waals surface area contributed by atoms with E-state index in [-0.39, 0.29) is 18.7 Å². The number of hydrogen-bond donors (Lipinski definition) is 2. The van der Waals surface area contributed by atoms with Gasteiger partial charge in [0, 0.05) is 35.7 Å². The molecule has 0 radical (unpaired) electrons. The molecule has 2 aromatic carbocycles. The molecular weight excluding hydrogens is 512 g/mol. The summed E-state index contributed by atoms with van der Waals surface area (Å²) in [6, 6.07) is 13.0. The SMILES string of the molecule is CCC(C)(C)NC(=O)[C@@H](c1cccc(OC)c1OC)N(C(=O)CCC(=O)Nc1cc(C)on1)c1cccc(C)c1. The Bertz CT molecular complexity index is 1350. The first-order valence-corrected chi connectivity index (χ1v) is 13.1. The van der Waals surface area contributed by atoms with Crippen molar-refractivity contribution >= 4 is 29.2 Å². The number of rotatable bonds is 12. The first-order chi connectivity index (χ1) is 19.0. The van der Waals surface area contributed by atoms with Crippen LogP contribution in [0.4, 0.5) is 11.5 Å². The van der Waals surface area contributed by atoms with Gasteiger partial charge in [0.2, 0.25) is 17.7 Å². The number of anilines is 2. The van der Waals surface area contributed by atoms with E-state index in [1.165, 1.54) is 19.1 Å². The molecule has 0 saturated carbocycles. The third-order valence-corrected chi connectivity index (χ3v) is 6.59. The molecule has 1 aromatic heterocycles. The van der Waals surface area contributed by atoms with Gasteiger partial charge in [0.1, 0.15) is 11.8 Å². The summed E-state index contributed by atoms with van der Waals surface area (Å²) in [7, 11) is 3.00. The number of hydrogen-bond acceptors (Lipinski definition) is 7. The number of aromatic nitrogens is 1. The lowest BCUT2D eigenvalue weighted by Gasteiger charge is -2.35. The maximum Gasteiger partial charge on any atom is 0.248 e. The number of para-hydroxylation sites is 1. The molecule has 1 heterocycles. The number of nitrogens with zero attached hydrogens (tertiary/aromatic N) is 2. The summed E-state index contributed by atoms with van der Waals surface area (Å²) in [5, 5.41) is 9.48. The molecule has 214 valence electrons. The molecule has 0 saturated heterocycles. The minimum Gasteiger partial charge on any atom is -0.493 e. The van der Waals surface area contributed by atoms with Gasteiger partial charge in [0.15, 0.2) is 17.3 Å². The van der Waals surface area contributed by atoms with Gasteiger partial charge in [-0.2, -0.15) is 0 Å². The van der Waals surface area contributed by atoms with Gasteiger partial charge in [-0.05, 0) is 57.9 Å². The molecule has 0 aliphatic rings. The van der Waals surface area contributed by atoms with Crippen molar-refractivity contribution in [2.75, 3.05) is 24.4 Å². The Kier molecular flexibility index (Phi) is 9.93. The molecule has 0 aliphatic heterocycles. The van der Waals surface area contributed by atoms with E-state index in [1.807, 2.05) is 45.9 Å². The number of benzene rings is 2. The van der Waals surface area contributed by atoms with E-state index in [4.69, 9.17) is 14.0 Å². The lowest BCUT2D eigenvalue weighted by molar-refractivity contribution is -0.128. The largest absolute Gasteiger partial charge is 0.493 e. The Balaban J connectivity index is 2.07. The van der Waals surface area contributed by atoms with E-state index < -0.39 is 29.3 Å². The van der Waals surface area contributed by atoms with Crippen LogP contribution in [-0.2, 0) is 14.4 Å². The normalized spacial score (nSPS) is 11.9. The average molecular weight is 551 g/mol. The number of carbonyl (C=O) groups is 3. The number of amides is 3. The summed E-state index contributed by atoms with van der Waals surface area (Å²) in [6.45, 7) is 9.42. The fourth-order valence-electron chi connectivity index (χ4n) is 4.20. The van der Waals surface area contributed by atoms with Gasteiger partial charge in [-0.1, -0.05) is 36.3 Å². The molecule has 0 aliphatic carbocycles.